The van der Waals surface area contributed by atoms with E-state index in [9.17, 15) is 27.9 Å². The monoisotopic (exact) mass is 518 g/mol. The van der Waals surface area contributed by atoms with Crippen LogP contribution in [0.15, 0.2) is 42.5 Å². The number of carbonyl (C=O) groups excluding carboxylic acids is 2. The second-order valence-electron chi connectivity index (χ2n) is 9.27. The molecule has 2 aromatic rings. The van der Waals surface area contributed by atoms with Gasteiger partial charge in [0.05, 0.1) is 18.8 Å². The van der Waals surface area contributed by atoms with Gasteiger partial charge < -0.3 is 21.1 Å². The SMILES string of the molecule is CS(=O)(=O)CC[C@H](NC(=O)CN(Cc1cccc2ccccc12)C[C@@H]1CCCN1C(=O)CN)C(=O)O. The highest BCUT2D eigenvalue weighted by molar-refractivity contribution is 7.90. The first-order valence-corrected chi connectivity index (χ1v) is 14.0. The fourth-order valence-electron chi connectivity index (χ4n) is 4.66. The first-order chi connectivity index (χ1) is 17.1. The standard InChI is InChI=1S/C25H34N4O6S/c1-36(34,35)13-11-22(25(32)33)27-23(30)17-28(16-20-9-5-12-29(20)24(31)14-26)15-19-8-4-7-18-6-2-3-10-21(18)19/h2-4,6-8,10,20,22H,5,9,11-17,26H2,1H3,(H,27,30)(H,32,33)/t20-,22-/m0/s1. The number of sulfone groups is 1. The highest BCUT2D eigenvalue weighted by Gasteiger charge is 2.31. The lowest BCUT2D eigenvalue weighted by molar-refractivity contribution is -0.142. The van der Waals surface area contributed by atoms with E-state index < -0.39 is 27.8 Å². The number of carboxylic acids is 1. The molecule has 11 heteroatoms. The van der Waals surface area contributed by atoms with Crippen molar-refractivity contribution in [1.29, 1.82) is 0 Å². The number of amides is 2. The van der Waals surface area contributed by atoms with Crippen LogP contribution in [0.25, 0.3) is 10.8 Å². The summed E-state index contributed by atoms with van der Waals surface area (Å²) in [6, 6.07) is 12.4. The lowest BCUT2D eigenvalue weighted by Gasteiger charge is -2.31. The number of fused-ring (bicyclic) bond motifs is 1. The van der Waals surface area contributed by atoms with Crippen molar-refractivity contribution in [3.05, 3.63) is 48.0 Å². The van der Waals surface area contributed by atoms with E-state index in [1.165, 1.54) is 0 Å². The number of hydrogen-bond donors (Lipinski definition) is 3. The zero-order valence-corrected chi connectivity index (χ0v) is 21.2. The molecule has 196 valence electrons. The number of likely N-dealkylation sites (tertiary alicyclic amines) is 1. The summed E-state index contributed by atoms with van der Waals surface area (Å²) in [4.78, 5) is 40.5. The molecule has 36 heavy (non-hydrogen) atoms. The van der Waals surface area contributed by atoms with Gasteiger partial charge in [-0.15, -0.1) is 0 Å². The first kappa shape index (κ1) is 27.6. The molecule has 3 rings (SSSR count). The molecule has 0 bridgehead atoms. The number of hydrogen-bond acceptors (Lipinski definition) is 7. The molecule has 2 amide bonds. The van der Waals surface area contributed by atoms with Crippen molar-refractivity contribution in [3.8, 4) is 0 Å². The van der Waals surface area contributed by atoms with Crippen LogP contribution in [0.1, 0.15) is 24.8 Å². The van der Waals surface area contributed by atoms with Crippen molar-refractivity contribution in [2.75, 3.05) is 38.2 Å². The molecule has 0 saturated carbocycles. The lowest BCUT2D eigenvalue weighted by Crippen LogP contribution is -2.49. The summed E-state index contributed by atoms with van der Waals surface area (Å²) < 4.78 is 23.0. The van der Waals surface area contributed by atoms with Gasteiger partial charge in [0.25, 0.3) is 0 Å². The van der Waals surface area contributed by atoms with Gasteiger partial charge in [-0.2, -0.15) is 0 Å². The van der Waals surface area contributed by atoms with Gasteiger partial charge in [0.2, 0.25) is 11.8 Å². The Morgan fingerprint density at radius 3 is 2.61 bits per heavy atom. The molecule has 1 saturated heterocycles. The largest absolute Gasteiger partial charge is 0.480 e. The van der Waals surface area contributed by atoms with Crippen LogP contribution in [0.2, 0.25) is 0 Å². The molecule has 0 aromatic heterocycles. The molecule has 1 aliphatic rings. The Morgan fingerprint density at radius 2 is 1.92 bits per heavy atom. The zero-order valence-electron chi connectivity index (χ0n) is 20.4. The van der Waals surface area contributed by atoms with Crippen molar-refractivity contribution in [2.24, 2.45) is 5.73 Å². The Hall–Kier alpha value is -3.02. The maximum Gasteiger partial charge on any atom is 0.326 e. The molecule has 1 heterocycles. The lowest BCUT2D eigenvalue weighted by atomic mass is 10.0. The minimum Gasteiger partial charge on any atom is -0.480 e. The van der Waals surface area contributed by atoms with E-state index in [4.69, 9.17) is 5.73 Å². The fourth-order valence-corrected chi connectivity index (χ4v) is 5.32. The van der Waals surface area contributed by atoms with Gasteiger partial charge in [-0.3, -0.25) is 14.5 Å². The van der Waals surface area contributed by atoms with Gasteiger partial charge in [0, 0.05) is 31.9 Å². The molecule has 1 aliphatic heterocycles. The van der Waals surface area contributed by atoms with Gasteiger partial charge in [-0.05, 0) is 35.6 Å². The van der Waals surface area contributed by atoms with Crippen molar-refractivity contribution >= 4 is 38.4 Å². The van der Waals surface area contributed by atoms with Crippen LogP contribution in [0.3, 0.4) is 0 Å². The summed E-state index contributed by atoms with van der Waals surface area (Å²) in [5.41, 5.74) is 6.59. The normalized spacial score (nSPS) is 16.9. The van der Waals surface area contributed by atoms with E-state index in [2.05, 4.69) is 5.32 Å². The summed E-state index contributed by atoms with van der Waals surface area (Å²) in [6.45, 7) is 1.26. The Bertz CT molecular complexity index is 1200. The minimum absolute atomic E-state index is 0.0824. The van der Waals surface area contributed by atoms with Crippen molar-refractivity contribution < 1.29 is 27.9 Å². The number of benzene rings is 2. The van der Waals surface area contributed by atoms with Crippen LogP contribution < -0.4 is 11.1 Å². The molecule has 10 nitrogen and oxygen atoms in total. The molecule has 4 N–H and O–H groups in total. The summed E-state index contributed by atoms with van der Waals surface area (Å²) in [7, 11) is -3.38. The molecular formula is C25H34N4O6S. The number of aliphatic carboxylic acids is 1. The summed E-state index contributed by atoms with van der Waals surface area (Å²) >= 11 is 0. The molecule has 0 radical (unpaired) electrons. The van der Waals surface area contributed by atoms with Crippen LogP contribution in [0, 0.1) is 0 Å². The Kier molecular flexibility index (Phi) is 9.41. The highest BCUT2D eigenvalue weighted by Crippen LogP contribution is 2.23. The van der Waals surface area contributed by atoms with Crippen LogP contribution in [0.5, 0.6) is 0 Å². The van der Waals surface area contributed by atoms with Gasteiger partial charge in [-0.25, -0.2) is 13.2 Å². The quantitative estimate of drug-likeness (QED) is 0.370. The minimum atomic E-state index is -3.38. The third-order valence-corrected chi connectivity index (χ3v) is 7.37. The third kappa shape index (κ3) is 7.74. The van der Waals surface area contributed by atoms with Gasteiger partial charge in [0.1, 0.15) is 15.9 Å². The average molecular weight is 519 g/mol. The number of carboxylic acid groups (broad SMARTS) is 1. The second kappa shape index (κ2) is 12.3. The number of nitrogens with two attached hydrogens (primary N) is 1. The van der Waals surface area contributed by atoms with Crippen LogP contribution >= 0.6 is 0 Å². The van der Waals surface area contributed by atoms with E-state index in [1.807, 2.05) is 47.4 Å². The third-order valence-electron chi connectivity index (χ3n) is 6.39. The number of carbonyl (C=O) groups is 3. The molecule has 0 unspecified atom stereocenters. The summed E-state index contributed by atoms with van der Waals surface area (Å²) in [6.07, 6.45) is 2.43. The van der Waals surface area contributed by atoms with Crippen LogP contribution in [-0.4, -0.2) is 91.4 Å². The molecular weight excluding hydrogens is 484 g/mol. The zero-order chi connectivity index (χ0) is 26.3. The Labute approximate surface area is 211 Å². The van der Waals surface area contributed by atoms with Crippen molar-refractivity contribution in [1.82, 2.24) is 15.1 Å². The van der Waals surface area contributed by atoms with Gasteiger partial charge in [0.15, 0.2) is 0 Å². The number of rotatable bonds is 12. The van der Waals surface area contributed by atoms with E-state index in [0.29, 0.717) is 19.6 Å². The first-order valence-electron chi connectivity index (χ1n) is 12.0. The van der Waals surface area contributed by atoms with Crippen LogP contribution in [-0.2, 0) is 30.8 Å². The van der Waals surface area contributed by atoms with E-state index >= 15 is 0 Å². The second-order valence-corrected chi connectivity index (χ2v) is 11.5. The average Bonchev–Trinajstić information content (AvgIpc) is 3.28. The van der Waals surface area contributed by atoms with E-state index in [-0.39, 0.29) is 37.2 Å². The highest BCUT2D eigenvalue weighted by atomic mass is 32.2. The maximum atomic E-state index is 12.9. The predicted molar refractivity (Wildman–Crippen MR) is 137 cm³/mol. The summed E-state index contributed by atoms with van der Waals surface area (Å²) in [5.74, 6) is -2.30. The predicted octanol–water partition coefficient (Wildman–Crippen LogP) is 0.596. The molecule has 0 spiro atoms. The van der Waals surface area contributed by atoms with E-state index in [0.717, 1.165) is 35.4 Å². The van der Waals surface area contributed by atoms with Gasteiger partial charge in [-0.1, -0.05) is 42.5 Å². The van der Waals surface area contributed by atoms with Crippen molar-refractivity contribution in [2.45, 2.75) is 37.9 Å². The molecule has 0 aliphatic carbocycles. The number of nitrogens with one attached hydrogen (secondary N) is 1. The summed E-state index contributed by atoms with van der Waals surface area (Å²) in [5, 5.41) is 14.1. The molecule has 2 atom stereocenters. The Morgan fingerprint density at radius 1 is 1.19 bits per heavy atom. The smallest absolute Gasteiger partial charge is 0.326 e. The maximum absolute atomic E-state index is 12.9. The van der Waals surface area contributed by atoms with Gasteiger partial charge >= 0.3 is 5.97 Å². The molecule has 2 aromatic carbocycles. The topological polar surface area (TPSA) is 150 Å². The molecule has 1 fully saturated rings. The van der Waals surface area contributed by atoms with Crippen LogP contribution in [0.4, 0.5) is 0 Å². The van der Waals surface area contributed by atoms with E-state index in [1.54, 1.807) is 4.90 Å². The number of nitrogens with zero attached hydrogens (tertiary/aromatic N) is 2. The Balaban J connectivity index is 1.79. The fraction of sp³-hybridized carbons (Fsp3) is 0.480. The van der Waals surface area contributed by atoms with Crippen molar-refractivity contribution in [3.63, 3.8) is 0 Å².